The average Bonchev–Trinajstić information content (AvgIpc) is 3.34. The van der Waals surface area contributed by atoms with Crippen molar-refractivity contribution >= 4 is 50.7 Å². The molecule has 1 aliphatic heterocycles. The molecule has 3 aromatic rings. The van der Waals surface area contributed by atoms with Crippen LogP contribution in [0.1, 0.15) is 16.8 Å². The first-order chi connectivity index (χ1) is 14.4. The van der Waals surface area contributed by atoms with E-state index in [0.717, 1.165) is 34.6 Å². The van der Waals surface area contributed by atoms with Gasteiger partial charge in [-0.25, -0.2) is 4.98 Å². The number of rotatable bonds is 7. The van der Waals surface area contributed by atoms with Crippen molar-refractivity contribution in [2.45, 2.75) is 6.42 Å². The number of anilines is 2. The Hall–Kier alpha value is -2.55. The highest BCUT2D eigenvalue weighted by Crippen LogP contribution is 2.40. The molecule has 0 unspecified atom stereocenters. The normalized spacial score (nSPS) is 12.2. The largest absolute Gasteiger partial charge is 0.454 e. The summed E-state index contributed by atoms with van der Waals surface area (Å²) in [6.07, 6.45) is 0.854. The first kappa shape index (κ1) is 23.1. The minimum absolute atomic E-state index is 0. The number of thiazole rings is 1. The van der Waals surface area contributed by atoms with E-state index in [2.05, 4.69) is 4.90 Å². The van der Waals surface area contributed by atoms with E-state index in [1.54, 1.807) is 4.90 Å². The zero-order chi connectivity index (χ0) is 21.3. The van der Waals surface area contributed by atoms with Crippen LogP contribution in [-0.4, -0.2) is 63.9 Å². The highest BCUT2D eigenvalue weighted by molar-refractivity contribution is 7.22. The first-order valence-electron chi connectivity index (χ1n) is 9.86. The Morgan fingerprint density at radius 3 is 2.35 bits per heavy atom. The molecule has 0 N–H and O–H groups in total. The second kappa shape index (κ2) is 9.72. The van der Waals surface area contributed by atoms with E-state index in [-0.39, 0.29) is 25.1 Å². The van der Waals surface area contributed by atoms with Crippen molar-refractivity contribution in [1.29, 1.82) is 0 Å². The number of ether oxygens (including phenoxy) is 2. The van der Waals surface area contributed by atoms with Gasteiger partial charge < -0.3 is 19.3 Å². The zero-order valence-electron chi connectivity index (χ0n) is 18.1. The van der Waals surface area contributed by atoms with Gasteiger partial charge in [0, 0.05) is 44.0 Å². The van der Waals surface area contributed by atoms with Gasteiger partial charge in [0.25, 0.3) is 5.91 Å². The van der Waals surface area contributed by atoms with Crippen LogP contribution >= 0.6 is 23.7 Å². The summed E-state index contributed by atoms with van der Waals surface area (Å²) in [6, 6.07) is 11.5. The fourth-order valence-corrected chi connectivity index (χ4v) is 4.31. The van der Waals surface area contributed by atoms with Crippen molar-refractivity contribution < 1.29 is 14.3 Å². The van der Waals surface area contributed by atoms with Gasteiger partial charge in [-0.3, -0.25) is 9.69 Å². The van der Waals surface area contributed by atoms with Gasteiger partial charge in [0.2, 0.25) is 6.79 Å². The molecule has 0 bridgehead atoms. The summed E-state index contributed by atoms with van der Waals surface area (Å²) in [4.78, 5) is 24.1. The predicted molar refractivity (Wildman–Crippen MR) is 129 cm³/mol. The minimum Gasteiger partial charge on any atom is -0.454 e. The van der Waals surface area contributed by atoms with E-state index in [4.69, 9.17) is 14.5 Å². The molecule has 0 saturated heterocycles. The molecule has 1 aliphatic rings. The van der Waals surface area contributed by atoms with E-state index < -0.39 is 0 Å². The first-order valence-corrected chi connectivity index (χ1v) is 10.7. The summed E-state index contributed by atoms with van der Waals surface area (Å²) in [5.74, 6) is 1.38. The van der Waals surface area contributed by atoms with Gasteiger partial charge in [0.05, 0.1) is 10.2 Å². The van der Waals surface area contributed by atoms with Crippen molar-refractivity contribution in [3.63, 3.8) is 0 Å². The van der Waals surface area contributed by atoms with Gasteiger partial charge in [0.15, 0.2) is 16.6 Å². The Labute approximate surface area is 192 Å². The summed E-state index contributed by atoms with van der Waals surface area (Å²) < 4.78 is 11.9. The van der Waals surface area contributed by atoms with E-state index in [1.165, 1.54) is 11.3 Å². The van der Waals surface area contributed by atoms with Gasteiger partial charge in [-0.05, 0) is 51.3 Å². The lowest BCUT2D eigenvalue weighted by Crippen LogP contribution is -2.33. The summed E-state index contributed by atoms with van der Waals surface area (Å²) in [6.45, 7) is 1.72. The summed E-state index contributed by atoms with van der Waals surface area (Å²) >= 11 is 1.50. The molecule has 0 spiro atoms. The van der Waals surface area contributed by atoms with Gasteiger partial charge in [0.1, 0.15) is 0 Å². The van der Waals surface area contributed by atoms with E-state index in [1.807, 2.05) is 69.5 Å². The lowest BCUT2D eigenvalue weighted by Gasteiger charge is -2.21. The Kier molecular flexibility index (Phi) is 7.25. The molecule has 166 valence electrons. The number of carbonyl (C=O) groups is 1. The Morgan fingerprint density at radius 2 is 1.71 bits per heavy atom. The fraction of sp³-hybridized carbons (Fsp3) is 0.364. The number of fused-ring (bicyclic) bond motifs is 2. The lowest BCUT2D eigenvalue weighted by molar-refractivity contribution is 0.0986. The third kappa shape index (κ3) is 5.03. The Morgan fingerprint density at radius 1 is 1.03 bits per heavy atom. The molecule has 31 heavy (non-hydrogen) atoms. The lowest BCUT2D eigenvalue weighted by atomic mass is 10.1. The summed E-state index contributed by atoms with van der Waals surface area (Å²) in [5.41, 5.74) is 2.52. The molecule has 9 heteroatoms. The number of aromatic nitrogens is 1. The SMILES string of the molecule is CN(C)CCCN(C(=O)c1ccc(N(C)C)cc1)c1nc2cc3c(cc2s1)OCO3.Cl. The number of amides is 1. The van der Waals surface area contributed by atoms with Crippen LogP contribution in [0.3, 0.4) is 0 Å². The molecule has 1 amide bonds. The number of hydrogen-bond acceptors (Lipinski definition) is 7. The van der Waals surface area contributed by atoms with Crippen LogP contribution in [0.4, 0.5) is 10.8 Å². The standard InChI is InChI=1S/C22H26N4O3S.ClH/c1-24(2)10-5-11-26(21(27)15-6-8-16(9-7-15)25(3)4)22-23-17-12-18-19(29-14-28-18)13-20(17)30-22;/h6-9,12-13H,5,10-11,14H2,1-4H3;1H. The van der Waals surface area contributed by atoms with Gasteiger partial charge in [-0.1, -0.05) is 11.3 Å². The second-order valence-corrected chi connectivity index (χ2v) is 8.73. The van der Waals surface area contributed by atoms with Crippen LogP contribution in [0.25, 0.3) is 10.2 Å². The van der Waals surface area contributed by atoms with Crippen LogP contribution in [0, 0.1) is 0 Å². The molecule has 0 radical (unpaired) electrons. The van der Waals surface area contributed by atoms with Crippen LogP contribution in [0.2, 0.25) is 0 Å². The van der Waals surface area contributed by atoms with Crippen LogP contribution in [0.5, 0.6) is 11.5 Å². The minimum atomic E-state index is -0.0434. The van der Waals surface area contributed by atoms with E-state index in [9.17, 15) is 4.79 Å². The molecule has 2 heterocycles. The number of nitrogens with zero attached hydrogens (tertiary/aromatic N) is 4. The third-order valence-electron chi connectivity index (χ3n) is 4.97. The molecule has 1 aromatic heterocycles. The van der Waals surface area contributed by atoms with E-state index >= 15 is 0 Å². The van der Waals surface area contributed by atoms with Crippen molar-refractivity contribution in [3.8, 4) is 11.5 Å². The molecule has 2 aromatic carbocycles. The second-order valence-electron chi connectivity index (χ2n) is 7.72. The molecule has 0 saturated carbocycles. The maximum atomic E-state index is 13.4. The Balaban J connectivity index is 0.00000272. The molecule has 0 atom stereocenters. The van der Waals surface area contributed by atoms with Crippen molar-refractivity contribution in [3.05, 3.63) is 42.0 Å². The fourth-order valence-electron chi connectivity index (χ4n) is 3.31. The maximum absolute atomic E-state index is 13.4. The number of carbonyl (C=O) groups excluding carboxylic acids is 1. The average molecular weight is 463 g/mol. The third-order valence-corrected chi connectivity index (χ3v) is 6.01. The van der Waals surface area contributed by atoms with Gasteiger partial charge in [-0.15, -0.1) is 12.4 Å². The topological polar surface area (TPSA) is 58.1 Å². The summed E-state index contributed by atoms with van der Waals surface area (Å²) in [7, 11) is 8.03. The molecule has 0 fully saturated rings. The number of hydrogen-bond donors (Lipinski definition) is 0. The zero-order valence-corrected chi connectivity index (χ0v) is 19.8. The highest BCUT2D eigenvalue weighted by atomic mass is 35.5. The van der Waals surface area contributed by atoms with Crippen LogP contribution in [-0.2, 0) is 0 Å². The monoisotopic (exact) mass is 462 g/mol. The van der Waals surface area contributed by atoms with Crippen molar-refractivity contribution in [1.82, 2.24) is 9.88 Å². The molecule has 4 rings (SSSR count). The smallest absolute Gasteiger partial charge is 0.260 e. The van der Waals surface area contributed by atoms with E-state index in [0.29, 0.717) is 23.0 Å². The van der Waals surface area contributed by atoms with Crippen LogP contribution in [0.15, 0.2) is 36.4 Å². The molecular formula is C22H27ClN4O3S. The van der Waals surface area contributed by atoms with Crippen molar-refractivity contribution in [2.24, 2.45) is 0 Å². The quantitative estimate of drug-likeness (QED) is 0.526. The predicted octanol–water partition coefficient (Wildman–Crippen LogP) is 4.11. The molecular weight excluding hydrogens is 436 g/mol. The number of halogens is 1. The van der Waals surface area contributed by atoms with Crippen molar-refractivity contribution in [2.75, 3.05) is 57.9 Å². The number of benzene rings is 2. The Bertz CT molecular complexity index is 1010. The van der Waals surface area contributed by atoms with Gasteiger partial charge in [-0.2, -0.15) is 0 Å². The molecule has 7 nitrogen and oxygen atoms in total. The maximum Gasteiger partial charge on any atom is 0.260 e. The van der Waals surface area contributed by atoms with Gasteiger partial charge >= 0.3 is 0 Å². The van der Waals surface area contributed by atoms with Crippen LogP contribution < -0.4 is 19.3 Å². The summed E-state index contributed by atoms with van der Waals surface area (Å²) in [5, 5.41) is 0.689. The highest BCUT2D eigenvalue weighted by Gasteiger charge is 2.23. The molecule has 0 aliphatic carbocycles.